The Labute approximate surface area is 191 Å². The number of nitrogens with one attached hydrogen (secondary N) is 1. The quantitative estimate of drug-likeness (QED) is 0.587. The molecule has 0 bridgehead atoms. The molecule has 0 radical (unpaired) electrons. The summed E-state index contributed by atoms with van der Waals surface area (Å²) < 4.78 is 32.6. The van der Waals surface area contributed by atoms with Crippen LogP contribution in [-0.2, 0) is 21.4 Å². The number of amides is 1. The molecule has 0 saturated carbocycles. The molecule has 1 saturated heterocycles. The smallest absolute Gasteiger partial charge is 0.248 e. The van der Waals surface area contributed by atoms with E-state index in [1.165, 1.54) is 4.31 Å². The Morgan fingerprint density at radius 2 is 2.00 bits per heavy atom. The fraction of sp³-hybridized carbons (Fsp3) is 0.409. The highest BCUT2D eigenvalue weighted by molar-refractivity contribution is 7.89. The summed E-state index contributed by atoms with van der Waals surface area (Å²) in [5.41, 5.74) is 3.30. The molecule has 32 heavy (non-hydrogen) atoms. The Morgan fingerprint density at radius 3 is 2.62 bits per heavy atom. The summed E-state index contributed by atoms with van der Waals surface area (Å²) in [6.45, 7) is 6.10. The van der Waals surface area contributed by atoms with Crippen LogP contribution in [0.5, 0.6) is 0 Å². The van der Waals surface area contributed by atoms with Crippen molar-refractivity contribution >= 4 is 27.3 Å². The van der Waals surface area contributed by atoms with Crippen molar-refractivity contribution < 1.29 is 17.7 Å². The molecule has 0 aliphatic carbocycles. The van der Waals surface area contributed by atoms with Gasteiger partial charge in [0.05, 0.1) is 16.6 Å². The molecular formula is C22H26N4O4S2. The van der Waals surface area contributed by atoms with Gasteiger partial charge in [-0.05, 0) is 39.2 Å². The second kappa shape index (κ2) is 9.13. The summed E-state index contributed by atoms with van der Waals surface area (Å²) in [5, 5.41) is 9.76. The Kier molecular flexibility index (Phi) is 6.45. The van der Waals surface area contributed by atoms with E-state index in [-0.39, 0.29) is 23.1 Å². The van der Waals surface area contributed by atoms with Crippen LogP contribution in [0.15, 0.2) is 39.1 Å². The lowest BCUT2D eigenvalue weighted by Gasteiger charge is -2.31. The van der Waals surface area contributed by atoms with Gasteiger partial charge in [0.25, 0.3) is 0 Å². The largest absolute Gasteiger partial charge is 0.360 e. The fourth-order valence-electron chi connectivity index (χ4n) is 3.97. The van der Waals surface area contributed by atoms with E-state index in [0.29, 0.717) is 31.6 Å². The van der Waals surface area contributed by atoms with E-state index in [1.54, 1.807) is 25.2 Å². The molecule has 3 aromatic rings. The highest BCUT2D eigenvalue weighted by Gasteiger charge is 2.36. The first-order valence-corrected chi connectivity index (χ1v) is 12.8. The van der Waals surface area contributed by atoms with Crippen LogP contribution in [0.4, 0.5) is 0 Å². The summed E-state index contributed by atoms with van der Waals surface area (Å²) in [6, 6.07) is 7.93. The monoisotopic (exact) mass is 474 g/mol. The third kappa shape index (κ3) is 4.62. The van der Waals surface area contributed by atoms with E-state index < -0.39 is 15.9 Å². The standard InChI is InChI=1S/C22H26N4O4S2/c1-14-21(15(2)30-25-14)32(28,29)26-10-4-5-19(12-26)22(27)23-11-17-6-8-18(9-7-17)20-13-31-16(3)24-20/h6-9,13,19H,4-5,10-12H2,1-3H3,(H,23,27). The molecule has 1 unspecified atom stereocenters. The van der Waals surface area contributed by atoms with Crippen molar-refractivity contribution in [3.63, 3.8) is 0 Å². The molecule has 1 amide bonds. The minimum absolute atomic E-state index is 0.106. The van der Waals surface area contributed by atoms with Crippen molar-refractivity contribution in [3.05, 3.63) is 51.7 Å². The molecular weight excluding hydrogens is 448 g/mol. The predicted molar refractivity (Wildman–Crippen MR) is 122 cm³/mol. The van der Waals surface area contributed by atoms with Crippen LogP contribution < -0.4 is 5.32 Å². The minimum Gasteiger partial charge on any atom is -0.360 e. The van der Waals surface area contributed by atoms with Crippen LogP contribution in [0.1, 0.15) is 34.9 Å². The van der Waals surface area contributed by atoms with Crippen LogP contribution >= 0.6 is 11.3 Å². The number of hydrogen-bond donors (Lipinski definition) is 1. The predicted octanol–water partition coefficient (Wildman–Crippen LogP) is 3.44. The maximum absolute atomic E-state index is 13.1. The summed E-state index contributed by atoms with van der Waals surface area (Å²) in [5.74, 6) is -0.260. The van der Waals surface area contributed by atoms with Gasteiger partial charge in [-0.15, -0.1) is 11.3 Å². The molecule has 10 heteroatoms. The van der Waals surface area contributed by atoms with Gasteiger partial charge in [-0.1, -0.05) is 29.4 Å². The first kappa shape index (κ1) is 22.6. The van der Waals surface area contributed by atoms with Crippen molar-refractivity contribution in [2.45, 2.75) is 45.1 Å². The van der Waals surface area contributed by atoms with Crippen LogP contribution in [0.2, 0.25) is 0 Å². The molecule has 170 valence electrons. The molecule has 1 N–H and O–H groups in total. The lowest BCUT2D eigenvalue weighted by Crippen LogP contribution is -2.45. The molecule has 4 rings (SSSR count). The molecule has 8 nitrogen and oxygen atoms in total. The van der Waals surface area contributed by atoms with Crippen LogP contribution in [-0.4, -0.2) is 41.9 Å². The maximum atomic E-state index is 13.1. The molecule has 1 fully saturated rings. The number of piperidine rings is 1. The number of rotatable bonds is 6. The number of sulfonamides is 1. The van der Waals surface area contributed by atoms with Gasteiger partial charge in [0.1, 0.15) is 10.6 Å². The Morgan fingerprint density at radius 1 is 1.25 bits per heavy atom. The Balaban J connectivity index is 1.37. The maximum Gasteiger partial charge on any atom is 0.248 e. The van der Waals surface area contributed by atoms with E-state index in [9.17, 15) is 13.2 Å². The van der Waals surface area contributed by atoms with Crippen LogP contribution in [0, 0.1) is 26.7 Å². The van der Waals surface area contributed by atoms with E-state index in [4.69, 9.17) is 4.52 Å². The second-order valence-corrected chi connectivity index (χ2v) is 11.0. The molecule has 2 aromatic heterocycles. The highest BCUT2D eigenvalue weighted by Crippen LogP contribution is 2.28. The molecule has 3 heterocycles. The van der Waals surface area contributed by atoms with Crippen molar-refractivity contribution in [3.8, 4) is 11.3 Å². The number of hydrogen-bond acceptors (Lipinski definition) is 7. The lowest BCUT2D eigenvalue weighted by molar-refractivity contribution is -0.126. The second-order valence-electron chi connectivity index (χ2n) is 8.02. The summed E-state index contributed by atoms with van der Waals surface area (Å²) >= 11 is 1.61. The molecule has 1 aliphatic heterocycles. The zero-order chi connectivity index (χ0) is 22.9. The van der Waals surface area contributed by atoms with E-state index in [2.05, 4.69) is 15.5 Å². The average Bonchev–Trinajstić information content (AvgIpc) is 3.37. The molecule has 0 spiro atoms. The molecule has 1 atom stereocenters. The number of aryl methyl sites for hydroxylation is 3. The average molecular weight is 475 g/mol. The number of carbonyl (C=O) groups excluding carboxylic acids is 1. The third-order valence-electron chi connectivity index (χ3n) is 5.66. The van der Waals surface area contributed by atoms with Gasteiger partial charge in [-0.3, -0.25) is 4.79 Å². The Bertz CT molecular complexity index is 1200. The number of aromatic nitrogens is 2. The van der Waals surface area contributed by atoms with Gasteiger partial charge in [-0.2, -0.15) is 4.31 Å². The van der Waals surface area contributed by atoms with Crippen LogP contribution in [0.3, 0.4) is 0 Å². The lowest BCUT2D eigenvalue weighted by atomic mass is 9.98. The number of nitrogens with zero attached hydrogens (tertiary/aromatic N) is 3. The number of thiazole rings is 1. The van der Waals surface area contributed by atoms with Crippen LogP contribution in [0.25, 0.3) is 11.3 Å². The van der Waals surface area contributed by atoms with E-state index in [1.807, 2.05) is 36.6 Å². The SMILES string of the molecule is Cc1nc(-c2ccc(CNC(=O)C3CCCN(S(=O)(=O)c4c(C)noc4C)C3)cc2)cs1. The third-order valence-corrected chi connectivity index (χ3v) is 8.54. The Hall–Kier alpha value is -2.56. The molecule has 1 aromatic carbocycles. The van der Waals surface area contributed by atoms with Gasteiger partial charge < -0.3 is 9.84 Å². The number of benzene rings is 1. The summed E-state index contributed by atoms with van der Waals surface area (Å²) in [4.78, 5) is 17.4. The molecule has 1 aliphatic rings. The highest BCUT2D eigenvalue weighted by atomic mass is 32.2. The van der Waals surface area contributed by atoms with E-state index >= 15 is 0 Å². The van der Waals surface area contributed by atoms with Gasteiger partial charge in [-0.25, -0.2) is 13.4 Å². The summed E-state index contributed by atoms with van der Waals surface area (Å²) in [6.07, 6.45) is 1.28. The zero-order valence-electron chi connectivity index (χ0n) is 18.3. The fourth-order valence-corrected chi connectivity index (χ4v) is 6.41. The normalized spacial score (nSPS) is 17.4. The first-order valence-electron chi connectivity index (χ1n) is 10.5. The van der Waals surface area contributed by atoms with E-state index in [0.717, 1.165) is 21.8 Å². The van der Waals surface area contributed by atoms with Gasteiger partial charge in [0, 0.05) is 30.6 Å². The van der Waals surface area contributed by atoms with Crippen molar-refractivity contribution in [1.82, 2.24) is 19.8 Å². The van der Waals surface area contributed by atoms with Gasteiger partial charge in [0.15, 0.2) is 5.76 Å². The topological polar surface area (TPSA) is 105 Å². The summed E-state index contributed by atoms with van der Waals surface area (Å²) in [7, 11) is -3.75. The minimum atomic E-state index is -3.75. The van der Waals surface area contributed by atoms with Gasteiger partial charge >= 0.3 is 0 Å². The van der Waals surface area contributed by atoms with Crippen molar-refractivity contribution in [1.29, 1.82) is 0 Å². The number of carbonyl (C=O) groups is 1. The zero-order valence-corrected chi connectivity index (χ0v) is 19.9. The van der Waals surface area contributed by atoms with Gasteiger partial charge in [0.2, 0.25) is 15.9 Å². The first-order chi connectivity index (χ1) is 15.3. The van der Waals surface area contributed by atoms with Crippen molar-refractivity contribution in [2.75, 3.05) is 13.1 Å². The van der Waals surface area contributed by atoms with Crippen molar-refractivity contribution in [2.24, 2.45) is 5.92 Å².